The number of aromatic nitrogens is 2. The second-order valence-corrected chi connectivity index (χ2v) is 5.86. The summed E-state index contributed by atoms with van der Waals surface area (Å²) in [7, 11) is 1.41. The summed E-state index contributed by atoms with van der Waals surface area (Å²) in [6.07, 6.45) is 0. The zero-order valence-electron chi connectivity index (χ0n) is 13.0. The molecule has 3 rings (SSSR count). The van der Waals surface area contributed by atoms with E-state index in [0.29, 0.717) is 11.3 Å². The van der Waals surface area contributed by atoms with Crippen molar-refractivity contribution < 1.29 is 22.7 Å². The van der Waals surface area contributed by atoms with Gasteiger partial charge in [0.2, 0.25) is 5.89 Å². The van der Waals surface area contributed by atoms with Gasteiger partial charge in [0.05, 0.1) is 18.4 Å². The molecule has 0 aliphatic heterocycles. The quantitative estimate of drug-likeness (QED) is 0.488. The van der Waals surface area contributed by atoms with Gasteiger partial charge in [-0.3, -0.25) is 4.79 Å². The van der Waals surface area contributed by atoms with Crippen LogP contribution in [-0.2, 0) is 0 Å². The van der Waals surface area contributed by atoms with Gasteiger partial charge in [-0.25, -0.2) is 8.78 Å². The zero-order valence-corrected chi connectivity index (χ0v) is 13.8. The van der Waals surface area contributed by atoms with Crippen molar-refractivity contribution in [3.05, 3.63) is 59.7 Å². The molecule has 0 amide bonds. The van der Waals surface area contributed by atoms with E-state index in [4.69, 9.17) is 9.15 Å². The minimum absolute atomic E-state index is 0.0230. The largest absolute Gasteiger partial charge is 0.496 e. The fourth-order valence-electron chi connectivity index (χ4n) is 2.08. The zero-order chi connectivity index (χ0) is 17.8. The molecular formula is C17H12F2N2O3S. The molecule has 128 valence electrons. The predicted molar refractivity (Wildman–Crippen MR) is 87.7 cm³/mol. The van der Waals surface area contributed by atoms with Crippen LogP contribution < -0.4 is 4.74 Å². The van der Waals surface area contributed by atoms with Gasteiger partial charge in [-0.05, 0) is 42.5 Å². The highest BCUT2D eigenvalue weighted by Crippen LogP contribution is 2.26. The molecule has 0 unspecified atom stereocenters. The number of rotatable bonds is 6. The van der Waals surface area contributed by atoms with Crippen molar-refractivity contribution in [2.45, 2.75) is 5.22 Å². The molecule has 5 nitrogen and oxygen atoms in total. The summed E-state index contributed by atoms with van der Waals surface area (Å²) in [6, 6.07) is 9.33. The number of methoxy groups -OCH3 is 1. The van der Waals surface area contributed by atoms with Crippen LogP contribution in [0.2, 0.25) is 0 Å². The summed E-state index contributed by atoms with van der Waals surface area (Å²) < 4.78 is 36.8. The van der Waals surface area contributed by atoms with Crippen LogP contribution >= 0.6 is 11.8 Å². The summed E-state index contributed by atoms with van der Waals surface area (Å²) in [4.78, 5) is 12.3. The molecule has 0 spiro atoms. The minimum Gasteiger partial charge on any atom is -0.496 e. The second-order valence-electron chi connectivity index (χ2n) is 4.94. The Labute approximate surface area is 146 Å². The Morgan fingerprint density at radius 3 is 2.56 bits per heavy atom. The highest BCUT2D eigenvalue weighted by atomic mass is 32.2. The smallest absolute Gasteiger partial charge is 0.277 e. The molecule has 0 N–H and O–H groups in total. The summed E-state index contributed by atoms with van der Waals surface area (Å²) in [6.45, 7) is 0. The van der Waals surface area contributed by atoms with Gasteiger partial charge < -0.3 is 9.15 Å². The second kappa shape index (κ2) is 7.43. The average Bonchev–Trinajstić information content (AvgIpc) is 3.09. The number of thioether (sulfide) groups is 1. The van der Waals surface area contributed by atoms with Gasteiger partial charge >= 0.3 is 0 Å². The van der Waals surface area contributed by atoms with Crippen molar-refractivity contribution in [2.75, 3.05) is 12.9 Å². The predicted octanol–water partition coefficient (Wildman–Crippen LogP) is 4.00. The Kier molecular flexibility index (Phi) is 5.08. The molecule has 1 aromatic heterocycles. The summed E-state index contributed by atoms with van der Waals surface area (Å²) in [5, 5.41) is 7.88. The number of Topliss-reactive ketones (excluding diaryl/α,β-unsaturated/α-hetero) is 1. The maximum absolute atomic E-state index is 13.3. The van der Waals surface area contributed by atoms with Crippen LogP contribution in [0.5, 0.6) is 5.75 Å². The van der Waals surface area contributed by atoms with Crippen molar-refractivity contribution in [2.24, 2.45) is 0 Å². The van der Waals surface area contributed by atoms with Crippen molar-refractivity contribution >= 4 is 17.5 Å². The Morgan fingerprint density at radius 2 is 1.84 bits per heavy atom. The van der Waals surface area contributed by atoms with Gasteiger partial charge in [0.25, 0.3) is 5.22 Å². The van der Waals surface area contributed by atoms with Gasteiger partial charge in [0, 0.05) is 5.56 Å². The number of nitrogens with zero attached hydrogens (tertiary/aromatic N) is 2. The Bertz CT molecular complexity index is 897. The molecule has 8 heteroatoms. The molecule has 0 fully saturated rings. The lowest BCUT2D eigenvalue weighted by molar-refractivity contribution is 0.101. The van der Waals surface area contributed by atoms with Crippen LogP contribution in [0.15, 0.2) is 52.1 Å². The Morgan fingerprint density at radius 1 is 1.12 bits per heavy atom. The lowest BCUT2D eigenvalue weighted by Gasteiger charge is -2.06. The number of benzene rings is 2. The van der Waals surface area contributed by atoms with E-state index in [1.54, 1.807) is 0 Å². The molecule has 0 saturated carbocycles. The van der Waals surface area contributed by atoms with Crippen molar-refractivity contribution in [1.29, 1.82) is 0 Å². The molecule has 0 radical (unpaired) electrons. The molecule has 0 saturated heterocycles. The van der Waals surface area contributed by atoms with E-state index in [0.717, 1.165) is 17.8 Å². The number of halogens is 2. The Hall–Kier alpha value is -2.74. The van der Waals surface area contributed by atoms with E-state index in [1.807, 2.05) is 0 Å². The SMILES string of the molecule is COc1ccc(F)cc1C(=O)CSc1nnc(-c2ccc(F)cc2)o1. The number of ether oxygens (including phenoxy) is 1. The topological polar surface area (TPSA) is 65.2 Å². The molecule has 0 bridgehead atoms. The van der Waals surface area contributed by atoms with Crippen LogP contribution in [0.1, 0.15) is 10.4 Å². The number of hydrogen-bond acceptors (Lipinski definition) is 6. The number of carbonyl (C=O) groups is 1. The number of ketones is 1. The molecule has 1 heterocycles. The van der Waals surface area contributed by atoms with Crippen LogP contribution in [0, 0.1) is 11.6 Å². The number of hydrogen-bond donors (Lipinski definition) is 0. The lowest BCUT2D eigenvalue weighted by atomic mass is 10.1. The summed E-state index contributed by atoms with van der Waals surface area (Å²) in [5.41, 5.74) is 0.715. The van der Waals surface area contributed by atoms with Crippen LogP contribution in [0.3, 0.4) is 0 Å². The van der Waals surface area contributed by atoms with Gasteiger partial charge in [-0.15, -0.1) is 10.2 Å². The van der Waals surface area contributed by atoms with Gasteiger partial charge in [-0.1, -0.05) is 11.8 Å². The molecule has 0 atom stereocenters. The van der Waals surface area contributed by atoms with Gasteiger partial charge in [0.15, 0.2) is 5.78 Å². The molecule has 2 aromatic carbocycles. The third-order valence-corrected chi connectivity index (χ3v) is 4.10. The average molecular weight is 362 g/mol. The number of carbonyl (C=O) groups excluding carboxylic acids is 1. The van der Waals surface area contributed by atoms with Gasteiger partial charge in [-0.2, -0.15) is 0 Å². The van der Waals surface area contributed by atoms with E-state index in [9.17, 15) is 13.6 Å². The third kappa shape index (κ3) is 4.03. The molecular weight excluding hydrogens is 350 g/mol. The molecule has 0 aliphatic rings. The standard InChI is InChI=1S/C17H12F2N2O3S/c1-23-15-7-6-12(19)8-13(15)14(22)9-25-17-21-20-16(24-17)10-2-4-11(18)5-3-10/h2-8H,9H2,1H3. The first-order valence-electron chi connectivity index (χ1n) is 7.16. The first-order valence-corrected chi connectivity index (χ1v) is 8.14. The summed E-state index contributed by atoms with van der Waals surface area (Å²) >= 11 is 1.03. The summed E-state index contributed by atoms with van der Waals surface area (Å²) in [5.74, 6) is -0.728. The van der Waals surface area contributed by atoms with Gasteiger partial charge in [0.1, 0.15) is 17.4 Å². The first-order chi connectivity index (χ1) is 12.1. The van der Waals surface area contributed by atoms with Crippen LogP contribution in [-0.4, -0.2) is 28.8 Å². The fraction of sp³-hybridized carbons (Fsp3) is 0.118. The highest BCUT2D eigenvalue weighted by molar-refractivity contribution is 7.99. The molecule has 25 heavy (non-hydrogen) atoms. The van der Waals surface area contributed by atoms with Crippen LogP contribution in [0.4, 0.5) is 8.78 Å². The monoisotopic (exact) mass is 362 g/mol. The third-order valence-electron chi connectivity index (χ3n) is 3.29. The van der Waals surface area contributed by atoms with E-state index in [-0.39, 0.29) is 34.0 Å². The fourth-order valence-corrected chi connectivity index (χ4v) is 2.73. The van der Waals surface area contributed by atoms with Crippen molar-refractivity contribution in [3.63, 3.8) is 0 Å². The maximum atomic E-state index is 13.3. The van der Waals surface area contributed by atoms with Crippen LogP contribution in [0.25, 0.3) is 11.5 Å². The highest BCUT2D eigenvalue weighted by Gasteiger charge is 2.16. The minimum atomic E-state index is -0.523. The normalized spacial score (nSPS) is 10.7. The Balaban J connectivity index is 1.69. The maximum Gasteiger partial charge on any atom is 0.277 e. The lowest BCUT2D eigenvalue weighted by Crippen LogP contribution is -2.05. The van der Waals surface area contributed by atoms with E-state index < -0.39 is 5.82 Å². The van der Waals surface area contributed by atoms with Crippen molar-refractivity contribution in [3.8, 4) is 17.2 Å². The first kappa shape index (κ1) is 17.1. The van der Waals surface area contributed by atoms with E-state index >= 15 is 0 Å². The van der Waals surface area contributed by atoms with E-state index in [2.05, 4.69) is 10.2 Å². The van der Waals surface area contributed by atoms with Crippen molar-refractivity contribution in [1.82, 2.24) is 10.2 Å². The van der Waals surface area contributed by atoms with E-state index in [1.165, 1.54) is 43.5 Å². The molecule has 3 aromatic rings. The molecule has 0 aliphatic carbocycles.